The van der Waals surface area contributed by atoms with E-state index in [4.69, 9.17) is 23.2 Å². The largest absolute Gasteiger partial charge is 0.342 e. The van der Waals surface area contributed by atoms with Gasteiger partial charge in [0.25, 0.3) is 5.91 Å². The van der Waals surface area contributed by atoms with Gasteiger partial charge in [-0.3, -0.25) is 9.59 Å². The summed E-state index contributed by atoms with van der Waals surface area (Å²) in [5, 5.41) is 15.9. The average Bonchev–Trinajstić information content (AvgIpc) is 3.19. The first kappa shape index (κ1) is 24.8. The molecule has 10 heteroatoms. The van der Waals surface area contributed by atoms with E-state index in [1.165, 1.54) is 11.8 Å². The summed E-state index contributed by atoms with van der Waals surface area (Å²) >= 11 is 13.3. The lowest BCUT2D eigenvalue weighted by Gasteiger charge is -2.15. The predicted molar refractivity (Wildman–Crippen MR) is 133 cm³/mol. The summed E-state index contributed by atoms with van der Waals surface area (Å²) in [6, 6.07) is 11.6. The van der Waals surface area contributed by atoms with Crippen LogP contribution in [-0.2, 0) is 11.3 Å². The Balaban J connectivity index is 1.67. The number of halogens is 2. The van der Waals surface area contributed by atoms with Crippen LogP contribution in [0.4, 0.5) is 5.69 Å². The average molecular weight is 504 g/mol. The Morgan fingerprint density at radius 3 is 2.61 bits per heavy atom. The van der Waals surface area contributed by atoms with Crippen LogP contribution >= 0.6 is 35.0 Å². The number of rotatable bonds is 9. The first-order valence-corrected chi connectivity index (χ1v) is 11.8. The number of nitrogens with one attached hydrogen (secondary N) is 2. The van der Waals surface area contributed by atoms with Gasteiger partial charge in [-0.25, -0.2) is 0 Å². The molecule has 2 aromatic carbocycles. The molecule has 0 bridgehead atoms. The van der Waals surface area contributed by atoms with E-state index in [1.807, 2.05) is 18.4 Å². The molecule has 33 heavy (non-hydrogen) atoms. The van der Waals surface area contributed by atoms with Gasteiger partial charge in [0.1, 0.15) is 0 Å². The van der Waals surface area contributed by atoms with Crippen LogP contribution in [0.1, 0.15) is 34.7 Å². The van der Waals surface area contributed by atoms with E-state index >= 15 is 0 Å². The molecule has 0 unspecified atom stereocenters. The van der Waals surface area contributed by atoms with Gasteiger partial charge < -0.3 is 15.2 Å². The van der Waals surface area contributed by atoms with Crippen LogP contribution < -0.4 is 10.6 Å². The molecular weight excluding hydrogens is 481 g/mol. The van der Waals surface area contributed by atoms with Gasteiger partial charge in [-0.2, -0.15) is 0 Å². The lowest BCUT2D eigenvalue weighted by Crippen LogP contribution is -2.28. The number of carbonyl (C=O) groups is 2. The predicted octanol–water partition coefficient (Wildman–Crippen LogP) is 5.30. The molecule has 172 valence electrons. The third-order valence-corrected chi connectivity index (χ3v) is 6.40. The normalized spacial score (nSPS) is 11.6. The maximum atomic E-state index is 12.6. The molecule has 0 spiro atoms. The van der Waals surface area contributed by atoms with E-state index in [2.05, 4.69) is 27.4 Å². The molecule has 0 radical (unpaired) electrons. The molecule has 3 aromatic rings. The molecule has 2 amide bonds. The minimum absolute atomic E-state index is 0.132. The van der Waals surface area contributed by atoms with Gasteiger partial charge in [-0.05, 0) is 55.8 Å². The summed E-state index contributed by atoms with van der Waals surface area (Å²) in [4.78, 5) is 25.0. The van der Waals surface area contributed by atoms with Gasteiger partial charge in [0, 0.05) is 27.8 Å². The first-order valence-electron chi connectivity index (χ1n) is 10.1. The molecule has 0 aliphatic carbocycles. The van der Waals surface area contributed by atoms with Crippen LogP contribution in [0.2, 0.25) is 10.0 Å². The number of anilines is 1. The molecule has 2 N–H and O–H groups in total. The SMILES string of the molecule is C=CCn1c(SCC(=O)Nc2cccc(Cl)c2C)nnc1[C@@H](C)NC(=O)c1ccc(Cl)cc1. The third kappa shape index (κ3) is 6.37. The van der Waals surface area contributed by atoms with Crippen LogP contribution in [0.5, 0.6) is 0 Å². The van der Waals surface area contributed by atoms with Crippen molar-refractivity contribution < 1.29 is 9.59 Å². The molecule has 0 saturated carbocycles. The van der Waals surface area contributed by atoms with Crippen molar-refractivity contribution in [2.45, 2.75) is 31.6 Å². The minimum Gasteiger partial charge on any atom is -0.342 e. The Morgan fingerprint density at radius 2 is 1.91 bits per heavy atom. The summed E-state index contributed by atoms with van der Waals surface area (Å²) in [5.41, 5.74) is 1.96. The molecule has 0 aliphatic heterocycles. The molecule has 1 heterocycles. The maximum Gasteiger partial charge on any atom is 0.251 e. The van der Waals surface area contributed by atoms with Crippen LogP contribution in [0.15, 0.2) is 60.3 Å². The van der Waals surface area contributed by atoms with Crippen molar-refractivity contribution in [3.63, 3.8) is 0 Å². The van der Waals surface area contributed by atoms with E-state index in [9.17, 15) is 9.59 Å². The summed E-state index contributed by atoms with van der Waals surface area (Å²) < 4.78 is 1.82. The van der Waals surface area contributed by atoms with Crippen molar-refractivity contribution in [3.05, 3.63) is 82.1 Å². The van der Waals surface area contributed by atoms with Crippen LogP contribution in [0.25, 0.3) is 0 Å². The van der Waals surface area contributed by atoms with Crippen molar-refractivity contribution in [1.82, 2.24) is 20.1 Å². The van der Waals surface area contributed by atoms with Crippen LogP contribution in [0.3, 0.4) is 0 Å². The number of allylic oxidation sites excluding steroid dienone is 1. The Hall–Kier alpha value is -2.81. The smallest absolute Gasteiger partial charge is 0.251 e. The van der Waals surface area contributed by atoms with Gasteiger partial charge in [0.2, 0.25) is 5.91 Å². The van der Waals surface area contributed by atoms with Crippen molar-refractivity contribution in [2.24, 2.45) is 0 Å². The number of nitrogens with zero attached hydrogens (tertiary/aromatic N) is 3. The zero-order valence-corrected chi connectivity index (χ0v) is 20.5. The Kier molecular flexibility index (Phi) is 8.55. The van der Waals surface area contributed by atoms with E-state index in [0.717, 1.165) is 5.56 Å². The second-order valence-corrected chi connectivity index (χ2v) is 8.98. The topological polar surface area (TPSA) is 88.9 Å². The zero-order valence-electron chi connectivity index (χ0n) is 18.1. The highest BCUT2D eigenvalue weighted by Gasteiger charge is 2.20. The van der Waals surface area contributed by atoms with E-state index in [-0.39, 0.29) is 17.6 Å². The van der Waals surface area contributed by atoms with Gasteiger partial charge in [0.15, 0.2) is 11.0 Å². The van der Waals surface area contributed by atoms with E-state index in [0.29, 0.717) is 38.8 Å². The third-order valence-electron chi connectivity index (χ3n) is 4.77. The van der Waals surface area contributed by atoms with Crippen LogP contribution in [-0.4, -0.2) is 32.3 Å². The maximum absolute atomic E-state index is 12.6. The van der Waals surface area contributed by atoms with E-state index in [1.54, 1.807) is 48.5 Å². The molecule has 0 aliphatic rings. The lowest BCUT2D eigenvalue weighted by molar-refractivity contribution is -0.113. The molecule has 0 fully saturated rings. The molecular formula is C23H23Cl2N5O2S. The highest BCUT2D eigenvalue weighted by Crippen LogP contribution is 2.25. The zero-order chi connectivity index (χ0) is 24.0. The number of thioether (sulfide) groups is 1. The molecule has 0 saturated heterocycles. The van der Waals surface area contributed by atoms with E-state index < -0.39 is 6.04 Å². The number of hydrogen-bond donors (Lipinski definition) is 2. The number of carbonyl (C=O) groups excluding carboxylic acids is 2. The fourth-order valence-corrected chi connectivity index (χ4v) is 4.09. The number of amides is 2. The van der Waals surface area contributed by atoms with Crippen molar-refractivity contribution in [1.29, 1.82) is 0 Å². The van der Waals surface area contributed by atoms with Crippen molar-refractivity contribution in [2.75, 3.05) is 11.1 Å². The quantitative estimate of drug-likeness (QED) is 0.305. The standard InChI is InChI=1S/C23H23Cl2N5O2S/c1-4-12-30-21(15(3)26-22(32)16-8-10-17(24)11-9-16)28-29-23(30)33-13-20(31)27-19-7-5-6-18(25)14(19)2/h4-11,15H,1,12-13H2,2-3H3,(H,26,32)(H,27,31)/t15-/m1/s1. The number of benzene rings is 2. The highest BCUT2D eigenvalue weighted by atomic mass is 35.5. The Bertz CT molecular complexity index is 1160. The van der Waals surface area contributed by atoms with Crippen LogP contribution in [0, 0.1) is 6.92 Å². The minimum atomic E-state index is -0.419. The molecule has 1 atom stereocenters. The summed E-state index contributed by atoms with van der Waals surface area (Å²) in [6.07, 6.45) is 1.71. The van der Waals surface area contributed by atoms with Gasteiger partial charge in [0.05, 0.1) is 11.8 Å². The second-order valence-electron chi connectivity index (χ2n) is 7.19. The summed E-state index contributed by atoms with van der Waals surface area (Å²) in [6.45, 7) is 7.88. The molecule has 7 nitrogen and oxygen atoms in total. The van der Waals surface area contributed by atoms with Gasteiger partial charge in [-0.1, -0.05) is 47.1 Å². The number of aromatic nitrogens is 3. The van der Waals surface area contributed by atoms with Crippen molar-refractivity contribution in [3.8, 4) is 0 Å². The number of hydrogen-bond acceptors (Lipinski definition) is 5. The van der Waals surface area contributed by atoms with Crippen molar-refractivity contribution >= 4 is 52.5 Å². The Labute approximate surface area is 206 Å². The molecule has 3 rings (SSSR count). The fourth-order valence-electron chi connectivity index (χ4n) is 3.03. The monoisotopic (exact) mass is 503 g/mol. The lowest BCUT2D eigenvalue weighted by atomic mass is 10.2. The molecule has 1 aromatic heterocycles. The summed E-state index contributed by atoms with van der Waals surface area (Å²) in [7, 11) is 0. The first-order chi connectivity index (χ1) is 15.8. The summed E-state index contributed by atoms with van der Waals surface area (Å²) in [5.74, 6) is 0.250. The Morgan fingerprint density at radius 1 is 1.18 bits per heavy atom. The van der Waals surface area contributed by atoms with Gasteiger partial charge >= 0.3 is 0 Å². The highest BCUT2D eigenvalue weighted by molar-refractivity contribution is 7.99. The van der Waals surface area contributed by atoms with Gasteiger partial charge in [-0.15, -0.1) is 16.8 Å². The second kappa shape index (κ2) is 11.4. The fraction of sp³-hybridized carbons (Fsp3) is 0.217.